The topological polar surface area (TPSA) is 102 Å². The monoisotopic (exact) mass is 419 g/mol. The number of nitro benzene ring substituents is 1. The summed E-state index contributed by atoms with van der Waals surface area (Å²) in [6, 6.07) is 13.5. The van der Waals surface area contributed by atoms with Crippen molar-refractivity contribution < 1.29 is 18.1 Å². The summed E-state index contributed by atoms with van der Waals surface area (Å²) >= 11 is 0. The molecule has 1 aliphatic rings. The molecule has 0 spiro atoms. The third kappa shape index (κ3) is 4.75. The number of hydrogen-bond acceptors (Lipinski definition) is 6. The summed E-state index contributed by atoms with van der Waals surface area (Å²) in [5.74, 6) is 0.161. The standard InChI is InChI=1S/C20H25N3O5S/c1-15(2)20(16-6-4-3-5-7-16)21-18-9-8-17(14-19(18)23(24)25)29(26,27)22-10-12-28-13-11-22/h3-9,14-15,20-21H,10-13H2,1-2H3/t20-/m1/s1. The zero-order valence-electron chi connectivity index (χ0n) is 16.4. The van der Waals surface area contributed by atoms with Crippen molar-refractivity contribution in [3.05, 3.63) is 64.2 Å². The number of anilines is 1. The van der Waals surface area contributed by atoms with Gasteiger partial charge in [-0.2, -0.15) is 4.31 Å². The maximum atomic E-state index is 12.9. The molecular weight excluding hydrogens is 394 g/mol. The fourth-order valence-electron chi connectivity index (χ4n) is 3.34. The predicted molar refractivity (Wildman–Crippen MR) is 110 cm³/mol. The fourth-order valence-corrected chi connectivity index (χ4v) is 4.77. The highest BCUT2D eigenvalue weighted by molar-refractivity contribution is 7.89. The lowest BCUT2D eigenvalue weighted by Crippen LogP contribution is -2.40. The number of rotatable bonds is 7. The number of hydrogen-bond donors (Lipinski definition) is 1. The average Bonchev–Trinajstić information content (AvgIpc) is 2.72. The Hall–Kier alpha value is -2.49. The molecule has 1 atom stereocenters. The van der Waals surface area contributed by atoms with Gasteiger partial charge >= 0.3 is 0 Å². The van der Waals surface area contributed by atoms with Crippen LogP contribution in [0.3, 0.4) is 0 Å². The normalized spacial score (nSPS) is 16.5. The van der Waals surface area contributed by atoms with Crippen molar-refractivity contribution in [1.82, 2.24) is 4.31 Å². The summed E-state index contributed by atoms with van der Waals surface area (Å²) in [6.45, 7) is 5.14. The van der Waals surface area contributed by atoms with Crippen molar-refractivity contribution >= 4 is 21.4 Å². The molecule has 0 saturated carbocycles. The van der Waals surface area contributed by atoms with Crippen molar-refractivity contribution in [1.29, 1.82) is 0 Å². The van der Waals surface area contributed by atoms with Gasteiger partial charge < -0.3 is 10.1 Å². The lowest BCUT2D eigenvalue weighted by atomic mass is 9.95. The minimum Gasteiger partial charge on any atom is -0.379 e. The van der Waals surface area contributed by atoms with Crippen molar-refractivity contribution in [3.8, 4) is 0 Å². The van der Waals surface area contributed by atoms with Crippen LogP contribution in [0.15, 0.2) is 53.4 Å². The molecule has 29 heavy (non-hydrogen) atoms. The van der Waals surface area contributed by atoms with Gasteiger partial charge in [0, 0.05) is 19.2 Å². The van der Waals surface area contributed by atoms with Gasteiger partial charge in [0.2, 0.25) is 10.0 Å². The molecule has 8 nitrogen and oxygen atoms in total. The van der Waals surface area contributed by atoms with Gasteiger partial charge in [0.25, 0.3) is 5.69 Å². The molecular formula is C20H25N3O5S. The smallest absolute Gasteiger partial charge is 0.293 e. The Morgan fingerprint density at radius 1 is 1.10 bits per heavy atom. The van der Waals surface area contributed by atoms with E-state index in [0.717, 1.165) is 11.6 Å². The van der Waals surface area contributed by atoms with Crippen LogP contribution in [0.2, 0.25) is 0 Å². The highest BCUT2D eigenvalue weighted by Crippen LogP contribution is 2.34. The maximum absolute atomic E-state index is 12.9. The Balaban J connectivity index is 1.95. The van der Waals surface area contributed by atoms with Crippen LogP contribution in [0, 0.1) is 16.0 Å². The Morgan fingerprint density at radius 2 is 1.76 bits per heavy atom. The van der Waals surface area contributed by atoms with Crippen LogP contribution < -0.4 is 5.32 Å². The molecule has 0 unspecified atom stereocenters. The van der Waals surface area contributed by atoms with Gasteiger partial charge in [-0.25, -0.2) is 8.42 Å². The van der Waals surface area contributed by atoms with E-state index in [1.54, 1.807) is 0 Å². The van der Waals surface area contributed by atoms with Crippen LogP contribution in [-0.4, -0.2) is 43.9 Å². The lowest BCUT2D eigenvalue weighted by Gasteiger charge is -2.26. The Bertz CT molecular complexity index is 957. The van der Waals surface area contributed by atoms with Crippen molar-refractivity contribution in [3.63, 3.8) is 0 Å². The molecule has 9 heteroatoms. The van der Waals surface area contributed by atoms with Crippen LogP contribution in [0.25, 0.3) is 0 Å². The number of sulfonamides is 1. The number of morpholine rings is 1. The van der Waals surface area contributed by atoms with Gasteiger partial charge in [-0.05, 0) is 23.6 Å². The van der Waals surface area contributed by atoms with Crippen LogP contribution >= 0.6 is 0 Å². The highest BCUT2D eigenvalue weighted by atomic mass is 32.2. The van der Waals surface area contributed by atoms with E-state index in [9.17, 15) is 18.5 Å². The first-order chi connectivity index (χ1) is 13.8. The molecule has 0 bridgehead atoms. The molecule has 2 aromatic rings. The second-order valence-electron chi connectivity index (χ2n) is 7.23. The minimum absolute atomic E-state index is 0.0857. The van der Waals surface area contributed by atoms with E-state index in [2.05, 4.69) is 5.32 Å². The predicted octanol–water partition coefficient (Wildman–Crippen LogP) is 3.42. The minimum atomic E-state index is -3.81. The van der Waals surface area contributed by atoms with Gasteiger partial charge in [0.15, 0.2) is 0 Å². The number of nitrogens with one attached hydrogen (secondary N) is 1. The fraction of sp³-hybridized carbons (Fsp3) is 0.400. The number of nitrogens with zero attached hydrogens (tertiary/aromatic N) is 2. The number of nitro groups is 1. The van der Waals surface area contributed by atoms with E-state index >= 15 is 0 Å². The molecule has 3 rings (SSSR count). The highest BCUT2D eigenvalue weighted by Gasteiger charge is 2.29. The van der Waals surface area contributed by atoms with E-state index in [4.69, 9.17) is 4.74 Å². The number of ether oxygens (including phenoxy) is 1. The first-order valence-corrected chi connectivity index (χ1v) is 10.9. The second kappa shape index (κ2) is 8.89. The largest absolute Gasteiger partial charge is 0.379 e. The Labute approximate surface area is 170 Å². The van der Waals surface area contributed by atoms with Gasteiger partial charge in [0.1, 0.15) is 5.69 Å². The maximum Gasteiger partial charge on any atom is 0.293 e. The van der Waals surface area contributed by atoms with E-state index in [0.29, 0.717) is 18.9 Å². The SMILES string of the molecule is CC(C)[C@@H](Nc1ccc(S(=O)(=O)N2CCOCC2)cc1[N+](=O)[O-])c1ccccc1. The third-order valence-electron chi connectivity index (χ3n) is 4.91. The van der Waals surface area contributed by atoms with Crippen molar-refractivity contribution in [2.45, 2.75) is 24.8 Å². The van der Waals surface area contributed by atoms with Crippen LogP contribution in [0.1, 0.15) is 25.5 Å². The summed E-state index contributed by atoms with van der Waals surface area (Å²) in [6.07, 6.45) is 0. The van der Waals surface area contributed by atoms with Crippen LogP contribution in [-0.2, 0) is 14.8 Å². The molecule has 1 heterocycles. The van der Waals surface area contributed by atoms with Crippen molar-refractivity contribution in [2.75, 3.05) is 31.6 Å². The van der Waals surface area contributed by atoms with Gasteiger partial charge in [-0.1, -0.05) is 44.2 Å². The molecule has 0 amide bonds. The van der Waals surface area contributed by atoms with E-state index in [-0.39, 0.29) is 35.6 Å². The molecule has 1 aliphatic heterocycles. The van der Waals surface area contributed by atoms with Gasteiger partial charge in [-0.3, -0.25) is 10.1 Å². The second-order valence-corrected chi connectivity index (χ2v) is 9.17. The summed E-state index contributed by atoms with van der Waals surface area (Å²) in [5, 5.41) is 14.9. The first kappa shape index (κ1) is 21.2. The Kier molecular flexibility index (Phi) is 6.51. The lowest BCUT2D eigenvalue weighted by molar-refractivity contribution is -0.384. The number of benzene rings is 2. The zero-order chi connectivity index (χ0) is 21.0. The van der Waals surface area contributed by atoms with E-state index < -0.39 is 14.9 Å². The molecule has 0 aromatic heterocycles. The molecule has 1 N–H and O–H groups in total. The molecule has 0 radical (unpaired) electrons. The van der Waals surface area contributed by atoms with E-state index in [1.807, 2.05) is 44.2 Å². The first-order valence-electron chi connectivity index (χ1n) is 9.48. The zero-order valence-corrected chi connectivity index (χ0v) is 17.3. The van der Waals surface area contributed by atoms with Gasteiger partial charge in [0.05, 0.1) is 29.1 Å². The van der Waals surface area contributed by atoms with Crippen molar-refractivity contribution in [2.24, 2.45) is 5.92 Å². The summed E-state index contributed by atoms with van der Waals surface area (Å²) in [5.41, 5.74) is 1.03. The molecule has 1 saturated heterocycles. The molecule has 2 aromatic carbocycles. The van der Waals surface area contributed by atoms with Crippen LogP contribution in [0.4, 0.5) is 11.4 Å². The average molecular weight is 420 g/mol. The van der Waals surface area contributed by atoms with Gasteiger partial charge in [-0.15, -0.1) is 0 Å². The third-order valence-corrected chi connectivity index (χ3v) is 6.80. The quantitative estimate of drug-likeness (QED) is 0.545. The molecule has 0 aliphatic carbocycles. The Morgan fingerprint density at radius 3 is 2.34 bits per heavy atom. The van der Waals surface area contributed by atoms with E-state index in [1.165, 1.54) is 16.4 Å². The summed E-state index contributed by atoms with van der Waals surface area (Å²) < 4.78 is 32.2. The molecule has 1 fully saturated rings. The summed E-state index contributed by atoms with van der Waals surface area (Å²) in [4.78, 5) is 11.1. The van der Waals surface area contributed by atoms with Crippen LogP contribution in [0.5, 0.6) is 0 Å². The molecule has 156 valence electrons. The summed E-state index contributed by atoms with van der Waals surface area (Å²) in [7, 11) is -3.81.